The summed E-state index contributed by atoms with van der Waals surface area (Å²) in [6.07, 6.45) is 0. The molecule has 2 heteroatoms. The molecule has 0 radical (unpaired) electrons. The Morgan fingerprint density at radius 2 is 0.708 bits per heavy atom. The second-order valence-electron chi connectivity index (χ2n) is 18.1. The maximum absolute atomic E-state index is 6.15. The molecule has 0 saturated heterocycles. The highest BCUT2D eigenvalue weighted by atomic mass is 16.3. The fraction of sp³-hybridized carbons (Fsp3) is 0.0476. The molecule has 0 unspecified atom stereocenters. The average Bonchev–Trinajstić information content (AvgIpc) is 3.85. The predicted octanol–water partition coefficient (Wildman–Crippen LogP) is 17.8. The number of anilines is 3. The van der Waals surface area contributed by atoms with Crippen LogP contribution in [-0.2, 0) is 5.41 Å². The number of furan rings is 1. The molecule has 65 heavy (non-hydrogen) atoms. The van der Waals surface area contributed by atoms with E-state index in [4.69, 9.17) is 4.42 Å². The standard InChI is InChI=1S/C63H43NO/c1-63(2)59-17-9-7-15-54(59)55-35-33-48(39-60(55)63)64(47-31-25-43(26-32-47)45-28-36-62-58(38-45)56-16-8-10-18-61(56)65-62)46-29-23-41(24-30-46)40-19-21-42(22-20-40)44-27-34-53-51-13-4-3-11-49(51)50-12-5-6-14-52(50)57(53)37-44/h3-39H,1-2H3. The van der Waals surface area contributed by atoms with Crippen molar-refractivity contribution in [1.29, 1.82) is 0 Å². The fourth-order valence-corrected chi connectivity index (χ4v) is 10.7. The minimum absolute atomic E-state index is 0.113. The zero-order valence-corrected chi connectivity index (χ0v) is 36.2. The predicted molar refractivity (Wildman–Crippen MR) is 275 cm³/mol. The first-order chi connectivity index (χ1) is 32.0. The zero-order valence-electron chi connectivity index (χ0n) is 36.2. The van der Waals surface area contributed by atoms with Crippen LogP contribution in [0.25, 0.3) is 98.8 Å². The van der Waals surface area contributed by atoms with Gasteiger partial charge in [0.25, 0.3) is 0 Å². The molecule has 0 spiro atoms. The Hall–Kier alpha value is -8.20. The van der Waals surface area contributed by atoms with Gasteiger partial charge in [-0.1, -0.05) is 178 Å². The molecule has 12 aromatic rings. The van der Waals surface area contributed by atoms with E-state index in [0.717, 1.165) is 50.1 Å². The Labute approximate surface area is 378 Å². The van der Waals surface area contributed by atoms with Gasteiger partial charge in [0.1, 0.15) is 11.2 Å². The summed E-state index contributed by atoms with van der Waals surface area (Å²) in [4.78, 5) is 2.40. The van der Waals surface area contributed by atoms with Gasteiger partial charge in [0, 0.05) is 33.2 Å². The molecule has 2 nitrogen and oxygen atoms in total. The van der Waals surface area contributed by atoms with E-state index in [-0.39, 0.29) is 5.41 Å². The molecule has 13 rings (SSSR count). The lowest BCUT2D eigenvalue weighted by Crippen LogP contribution is -2.16. The van der Waals surface area contributed by atoms with Crippen LogP contribution in [0, 0.1) is 0 Å². The molecule has 0 aliphatic heterocycles. The van der Waals surface area contributed by atoms with E-state index in [1.165, 1.54) is 76.8 Å². The number of hydrogen-bond donors (Lipinski definition) is 0. The average molecular weight is 830 g/mol. The van der Waals surface area contributed by atoms with Crippen LogP contribution >= 0.6 is 0 Å². The van der Waals surface area contributed by atoms with E-state index in [2.05, 4.69) is 231 Å². The van der Waals surface area contributed by atoms with Gasteiger partial charge >= 0.3 is 0 Å². The van der Waals surface area contributed by atoms with Gasteiger partial charge in [-0.2, -0.15) is 0 Å². The lowest BCUT2D eigenvalue weighted by molar-refractivity contribution is 0.660. The van der Waals surface area contributed by atoms with Crippen molar-refractivity contribution in [1.82, 2.24) is 0 Å². The summed E-state index contributed by atoms with van der Waals surface area (Å²) in [6, 6.07) is 82.2. The maximum atomic E-state index is 6.15. The van der Waals surface area contributed by atoms with E-state index in [0.29, 0.717) is 0 Å². The van der Waals surface area contributed by atoms with Crippen LogP contribution in [0.5, 0.6) is 0 Å². The first kappa shape index (κ1) is 37.4. The van der Waals surface area contributed by atoms with Crippen molar-refractivity contribution in [3.63, 3.8) is 0 Å². The summed E-state index contributed by atoms with van der Waals surface area (Å²) in [5, 5.41) is 10.0. The summed E-state index contributed by atoms with van der Waals surface area (Å²) in [6.45, 7) is 4.70. The molecule has 1 aliphatic rings. The third-order valence-corrected chi connectivity index (χ3v) is 14.1. The van der Waals surface area contributed by atoms with E-state index >= 15 is 0 Å². The van der Waals surface area contributed by atoms with Crippen LogP contribution < -0.4 is 4.90 Å². The SMILES string of the molecule is CC1(C)c2ccccc2-c2ccc(N(c3ccc(-c4ccc(-c5ccc6c7ccccc7c7ccccc7c6c5)cc4)cc3)c3ccc(-c4ccc5oc6ccccc6c5c4)cc3)cc21. The quantitative estimate of drug-likeness (QED) is 0.155. The molecule has 0 saturated carbocycles. The largest absolute Gasteiger partial charge is 0.456 e. The minimum atomic E-state index is -0.113. The van der Waals surface area contributed by atoms with Crippen LogP contribution in [-0.4, -0.2) is 0 Å². The molecule has 0 bridgehead atoms. The number of benzene rings is 11. The van der Waals surface area contributed by atoms with Gasteiger partial charge in [0.05, 0.1) is 0 Å². The Morgan fingerprint density at radius 3 is 1.34 bits per heavy atom. The van der Waals surface area contributed by atoms with Crippen LogP contribution in [0.1, 0.15) is 25.0 Å². The summed E-state index contributed by atoms with van der Waals surface area (Å²) in [5.74, 6) is 0. The molecule has 0 atom stereocenters. The highest BCUT2D eigenvalue weighted by Crippen LogP contribution is 2.51. The van der Waals surface area contributed by atoms with Crippen molar-refractivity contribution in [2.45, 2.75) is 19.3 Å². The van der Waals surface area contributed by atoms with Gasteiger partial charge in [-0.15, -0.1) is 0 Å². The zero-order chi connectivity index (χ0) is 43.2. The third kappa shape index (κ3) is 5.95. The molecule has 11 aromatic carbocycles. The van der Waals surface area contributed by atoms with Crippen molar-refractivity contribution in [2.24, 2.45) is 0 Å². The summed E-state index contributed by atoms with van der Waals surface area (Å²) < 4.78 is 6.15. The molecule has 0 amide bonds. The first-order valence-corrected chi connectivity index (χ1v) is 22.6. The van der Waals surface area contributed by atoms with Gasteiger partial charge in [-0.3, -0.25) is 0 Å². The third-order valence-electron chi connectivity index (χ3n) is 14.1. The Morgan fingerprint density at radius 1 is 0.292 bits per heavy atom. The molecule has 306 valence electrons. The normalized spacial score (nSPS) is 12.9. The Balaban J connectivity index is 0.855. The van der Waals surface area contributed by atoms with Gasteiger partial charge in [0.2, 0.25) is 0 Å². The highest BCUT2D eigenvalue weighted by Gasteiger charge is 2.35. The summed E-state index contributed by atoms with van der Waals surface area (Å²) in [5.41, 5.74) is 17.5. The smallest absolute Gasteiger partial charge is 0.135 e. The molecule has 1 aromatic heterocycles. The lowest BCUT2D eigenvalue weighted by Gasteiger charge is -2.28. The molecule has 0 N–H and O–H groups in total. The number of para-hydroxylation sites is 1. The minimum Gasteiger partial charge on any atom is -0.456 e. The molecular weight excluding hydrogens is 787 g/mol. The van der Waals surface area contributed by atoms with E-state index < -0.39 is 0 Å². The van der Waals surface area contributed by atoms with Crippen LogP contribution in [0.4, 0.5) is 17.1 Å². The highest BCUT2D eigenvalue weighted by molar-refractivity contribution is 6.25. The monoisotopic (exact) mass is 829 g/mol. The molecule has 1 aliphatic carbocycles. The molecular formula is C63H43NO. The first-order valence-electron chi connectivity index (χ1n) is 22.6. The molecule has 0 fully saturated rings. The Kier molecular flexibility index (Phi) is 8.29. The lowest BCUT2D eigenvalue weighted by atomic mass is 9.82. The van der Waals surface area contributed by atoms with Crippen molar-refractivity contribution < 1.29 is 4.42 Å². The van der Waals surface area contributed by atoms with Crippen molar-refractivity contribution in [3.8, 4) is 44.5 Å². The number of nitrogens with zero attached hydrogens (tertiary/aromatic N) is 1. The fourth-order valence-electron chi connectivity index (χ4n) is 10.7. The topological polar surface area (TPSA) is 16.4 Å². The second-order valence-corrected chi connectivity index (χ2v) is 18.1. The van der Waals surface area contributed by atoms with E-state index in [1.807, 2.05) is 12.1 Å². The second kappa shape index (κ2) is 14.4. The van der Waals surface area contributed by atoms with Crippen LogP contribution in [0.15, 0.2) is 229 Å². The van der Waals surface area contributed by atoms with Crippen LogP contribution in [0.3, 0.4) is 0 Å². The van der Waals surface area contributed by atoms with Gasteiger partial charge in [-0.25, -0.2) is 0 Å². The van der Waals surface area contributed by atoms with Crippen molar-refractivity contribution >= 4 is 71.3 Å². The summed E-state index contributed by atoms with van der Waals surface area (Å²) >= 11 is 0. The van der Waals surface area contributed by atoms with E-state index in [9.17, 15) is 0 Å². The maximum Gasteiger partial charge on any atom is 0.135 e. The van der Waals surface area contributed by atoms with Gasteiger partial charge in [0.15, 0.2) is 0 Å². The Bertz CT molecular complexity index is 3800. The van der Waals surface area contributed by atoms with Crippen molar-refractivity contribution in [2.75, 3.05) is 4.90 Å². The van der Waals surface area contributed by atoms with Gasteiger partial charge in [-0.05, 0) is 149 Å². The number of hydrogen-bond acceptors (Lipinski definition) is 2. The molecule has 1 heterocycles. The summed E-state index contributed by atoms with van der Waals surface area (Å²) in [7, 11) is 0. The number of rotatable bonds is 6. The van der Waals surface area contributed by atoms with Crippen molar-refractivity contribution in [3.05, 3.63) is 236 Å². The van der Waals surface area contributed by atoms with Crippen LogP contribution in [0.2, 0.25) is 0 Å². The van der Waals surface area contributed by atoms with Gasteiger partial charge < -0.3 is 9.32 Å². The van der Waals surface area contributed by atoms with E-state index in [1.54, 1.807) is 0 Å². The number of fused-ring (bicyclic) bond motifs is 12.